The highest BCUT2D eigenvalue weighted by molar-refractivity contribution is 5.91. The number of hydrogen-bond acceptors (Lipinski definition) is 3. The van der Waals surface area contributed by atoms with Crippen molar-refractivity contribution in [2.75, 3.05) is 0 Å². The van der Waals surface area contributed by atoms with Gasteiger partial charge in [0.05, 0.1) is 6.04 Å². The van der Waals surface area contributed by atoms with Crippen LogP contribution in [0.15, 0.2) is 73.2 Å². The molecule has 0 spiro atoms. The summed E-state index contributed by atoms with van der Waals surface area (Å²) >= 11 is 0. The zero-order chi connectivity index (χ0) is 18.4. The molecule has 0 aliphatic heterocycles. The number of rotatable bonds is 5. The SMILES string of the molecule is CC(NC(=O)/C=C/c1cccnc1)c1cccc(-c2ccc(F)nc2)c1. The first-order valence-electron chi connectivity index (χ1n) is 8.22. The molecule has 2 heterocycles. The van der Waals surface area contributed by atoms with Gasteiger partial charge in [0.2, 0.25) is 11.9 Å². The van der Waals surface area contributed by atoms with Crippen LogP contribution < -0.4 is 5.32 Å². The molecule has 0 bridgehead atoms. The quantitative estimate of drug-likeness (QED) is 0.557. The Labute approximate surface area is 151 Å². The van der Waals surface area contributed by atoms with Crippen LogP contribution in [0, 0.1) is 5.95 Å². The van der Waals surface area contributed by atoms with E-state index in [1.807, 2.05) is 43.3 Å². The monoisotopic (exact) mass is 347 g/mol. The molecule has 1 aromatic carbocycles. The molecule has 4 nitrogen and oxygen atoms in total. The van der Waals surface area contributed by atoms with E-state index in [-0.39, 0.29) is 11.9 Å². The summed E-state index contributed by atoms with van der Waals surface area (Å²) in [6, 6.07) is 14.3. The third-order valence-corrected chi connectivity index (χ3v) is 3.92. The highest BCUT2D eigenvalue weighted by atomic mass is 19.1. The van der Waals surface area contributed by atoms with Crippen molar-refractivity contribution >= 4 is 12.0 Å². The lowest BCUT2D eigenvalue weighted by Gasteiger charge is -2.14. The van der Waals surface area contributed by atoms with Crippen LogP contribution in [0.25, 0.3) is 17.2 Å². The first-order chi connectivity index (χ1) is 12.6. The minimum absolute atomic E-state index is 0.172. The average molecular weight is 347 g/mol. The van der Waals surface area contributed by atoms with Gasteiger partial charge in [0, 0.05) is 30.2 Å². The van der Waals surface area contributed by atoms with E-state index in [9.17, 15) is 9.18 Å². The fourth-order valence-electron chi connectivity index (χ4n) is 2.53. The number of carbonyl (C=O) groups excluding carboxylic acids is 1. The maximum absolute atomic E-state index is 13.0. The van der Waals surface area contributed by atoms with E-state index in [2.05, 4.69) is 15.3 Å². The Morgan fingerprint density at radius 3 is 2.73 bits per heavy atom. The van der Waals surface area contributed by atoms with Crippen LogP contribution in [0.5, 0.6) is 0 Å². The zero-order valence-electron chi connectivity index (χ0n) is 14.3. The molecule has 0 fully saturated rings. The molecule has 0 aliphatic rings. The fraction of sp³-hybridized carbons (Fsp3) is 0.0952. The molecule has 1 amide bonds. The standard InChI is InChI=1S/C21H18FN3O/c1-15(25-21(26)10-7-16-4-3-11-23-13-16)17-5-2-6-18(12-17)19-8-9-20(22)24-14-19/h2-15H,1H3,(H,25,26)/b10-7+. The van der Waals surface area contributed by atoms with Crippen molar-refractivity contribution in [2.45, 2.75) is 13.0 Å². The zero-order valence-corrected chi connectivity index (χ0v) is 14.3. The van der Waals surface area contributed by atoms with Crippen LogP contribution in [-0.2, 0) is 4.79 Å². The summed E-state index contributed by atoms with van der Waals surface area (Å²) in [7, 11) is 0. The third-order valence-electron chi connectivity index (χ3n) is 3.92. The number of nitrogens with zero attached hydrogens (tertiary/aromatic N) is 2. The molecule has 0 aliphatic carbocycles. The number of amides is 1. The lowest BCUT2D eigenvalue weighted by atomic mass is 10.0. The van der Waals surface area contributed by atoms with Crippen molar-refractivity contribution in [3.05, 3.63) is 90.3 Å². The molecule has 1 atom stereocenters. The van der Waals surface area contributed by atoms with Crippen molar-refractivity contribution in [2.24, 2.45) is 0 Å². The van der Waals surface area contributed by atoms with Gasteiger partial charge < -0.3 is 5.32 Å². The smallest absolute Gasteiger partial charge is 0.244 e. The summed E-state index contributed by atoms with van der Waals surface area (Å²) in [6.07, 6.45) is 8.07. The molecule has 0 saturated heterocycles. The average Bonchev–Trinajstić information content (AvgIpc) is 2.68. The largest absolute Gasteiger partial charge is 0.346 e. The highest BCUT2D eigenvalue weighted by Gasteiger charge is 2.09. The first kappa shape index (κ1) is 17.5. The summed E-state index contributed by atoms with van der Waals surface area (Å²) < 4.78 is 13.0. The number of nitrogens with one attached hydrogen (secondary N) is 1. The Hall–Kier alpha value is -3.34. The van der Waals surface area contributed by atoms with Gasteiger partial charge in [-0.15, -0.1) is 0 Å². The summed E-state index contributed by atoms with van der Waals surface area (Å²) in [5, 5.41) is 2.93. The van der Waals surface area contributed by atoms with E-state index in [0.717, 1.165) is 22.3 Å². The highest BCUT2D eigenvalue weighted by Crippen LogP contribution is 2.22. The minimum Gasteiger partial charge on any atom is -0.346 e. The van der Waals surface area contributed by atoms with E-state index in [4.69, 9.17) is 0 Å². The van der Waals surface area contributed by atoms with Gasteiger partial charge >= 0.3 is 0 Å². The van der Waals surface area contributed by atoms with Crippen molar-refractivity contribution in [3.63, 3.8) is 0 Å². The number of halogens is 1. The maximum atomic E-state index is 13.0. The molecule has 3 rings (SSSR count). The van der Waals surface area contributed by atoms with Gasteiger partial charge in [-0.05, 0) is 54.0 Å². The van der Waals surface area contributed by atoms with E-state index < -0.39 is 5.95 Å². The van der Waals surface area contributed by atoms with Gasteiger partial charge in [-0.3, -0.25) is 9.78 Å². The molecular weight excluding hydrogens is 329 g/mol. The number of carbonyl (C=O) groups is 1. The van der Waals surface area contributed by atoms with Crippen LogP contribution in [0.4, 0.5) is 4.39 Å². The predicted molar refractivity (Wildman–Crippen MR) is 99.5 cm³/mol. The van der Waals surface area contributed by atoms with E-state index in [1.165, 1.54) is 18.3 Å². The number of aromatic nitrogens is 2. The Morgan fingerprint density at radius 2 is 2.00 bits per heavy atom. The van der Waals surface area contributed by atoms with Gasteiger partial charge in [0.15, 0.2) is 0 Å². The van der Waals surface area contributed by atoms with Gasteiger partial charge in [0.25, 0.3) is 0 Å². The van der Waals surface area contributed by atoms with Crippen LogP contribution in [-0.4, -0.2) is 15.9 Å². The topological polar surface area (TPSA) is 54.9 Å². The molecule has 2 aromatic heterocycles. The summed E-state index contributed by atoms with van der Waals surface area (Å²) in [5.74, 6) is -0.693. The summed E-state index contributed by atoms with van der Waals surface area (Å²) in [5.41, 5.74) is 3.56. The first-order valence-corrected chi connectivity index (χ1v) is 8.22. The van der Waals surface area contributed by atoms with Crippen molar-refractivity contribution in [3.8, 4) is 11.1 Å². The normalized spacial score (nSPS) is 12.1. The van der Waals surface area contributed by atoms with E-state index >= 15 is 0 Å². The molecule has 26 heavy (non-hydrogen) atoms. The van der Waals surface area contributed by atoms with Crippen LogP contribution >= 0.6 is 0 Å². The molecule has 1 unspecified atom stereocenters. The van der Waals surface area contributed by atoms with E-state index in [0.29, 0.717) is 0 Å². The van der Waals surface area contributed by atoms with Crippen molar-refractivity contribution in [1.82, 2.24) is 15.3 Å². The van der Waals surface area contributed by atoms with Crippen LogP contribution in [0.1, 0.15) is 24.1 Å². The second-order valence-electron chi connectivity index (χ2n) is 5.85. The fourth-order valence-corrected chi connectivity index (χ4v) is 2.53. The van der Waals surface area contributed by atoms with Gasteiger partial charge in [-0.2, -0.15) is 4.39 Å². The second-order valence-corrected chi connectivity index (χ2v) is 5.85. The Kier molecular flexibility index (Phi) is 5.49. The van der Waals surface area contributed by atoms with Crippen LogP contribution in [0.3, 0.4) is 0 Å². The molecule has 5 heteroatoms. The number of pyridine rings is 2. The lowest BCUT2D eigenvalue weighted by Crippen LogP contribution is -2.24. The molecular formula is C21H18FN3O. The number of hydrogen-bond donors (Lipinski definition) is 1. The van der Waals surface area contributed by atoms with Crippen LogP contribution in [0.2, 0.25) is 0 Å². The van der Waals surface area contributed by atoms with E-state index in [1.54, 1.807) is 24.5 Å². The van der Waals surface area contributed by atoms with Crippen molar-refractivity contribution < 1.29 is 9.18 Å². The second kappa shape index (κ2) is 8.16. The maximum Gasteiger partial charge on any atom is 0.244 e. The van der Waals surface area contributed by atoms with Crippen molar-refractivity contribution in [1.29, 1.82) is 0 Å². The summed E-state index contributed by atoms with van der Waals surface area (Å²) in [4.78, 5) is 19.8. The molecule has 130 valence electrons. The molecule has 3 aromatic rings. The molecule has 0 radical (unpaired) electrons. The Bertz CT molecular complexity index is 908. The molecule has 1 N–H and O–H groups in total. The Morgan fingerprint density at radius 1 is 1.12 bits per heavy atom. The third kappa shape index (κ3) is 4.60. The lowest BCUT2D eigenvalue weighted by molar-refractivity contribution is -0.117. The summed E-state index contributed by atoms with van der Waals surface area (Å²) in [6.45, 7) is 1.91. The molecule has 0 saturated carbocycles. The minimum atomic E-state index is -0.508. The Balaban J connectivity index is 1.69. The predicted octanol–water partition coefficient (Wildman–Crippen LogP) is 4.17. The van der Waals surface area contributed by atoms with Gasteiger partial charge in [-0.25, -0.2) is 4.98 Å². The number of benzene rings is 1. The van der Waals surface area contributed by atoms with Gasteiger partial charge in [0.1, 0.15) is 0 Å². The van der Waals surface area contributed by atoms with Gasteiger partial charge in [-0.1, -0.05) is 24.3 Å².